The summed E-state index contributed by atoms with van der Waals surface area (Å²) in [5.41, 5.74) is 1.08. The van der Waals surface area contributed by atoms with Crippen LogP contribution < -0.4 is 4.74 Å². The molecule has 0 spiro atoms. The number of hydrogen-bond acceptors (Lipinski definition) is 4. The Morgan fingerprint density at radius 2 is 2.18 bits per heavy atom. The predicted molar refractivity (Wildman–Crippen MR) is 64.1 cm³/mol. The van der Waals surface area contributed by atoms with E-state index < -0.39 is 5.97 Å². The van der Waals surface area contributed by atoms with E-state index in [4.69, 9.17) is 9.84 Å². The first-order valence-electron chi connectivity index (χ1n) is 5.61. The van der Waals surface area contributed by atoms with Crippen LogP contribution in [-0.2, 0) is 11.3 Å². The topological polar surface area (TPSA) is 55.8 Å². The number of hydrogen-bond donors (Lipinski definition) is 1. The van der Waals surface area contributed by atoms with Gasteiger partial charge < -0.3 is 14.6 Å². The lowest BCUT2D eigenvalue weighted by Gasteiger charge is -2.16. The van der Waals surface area contributed by atoms with Crippen LogP contribution in [-0.4, -0.2) is 24.3 Å². The minimum Gasteiger partial charge on any atom is -0.490 e. The molecule has 0 saturated carbocycles. The second-order valence-electron chi connectivity index (χ2n) is 3.82. The number of carbonyl (C=O) groups excluding carboxylic acids is 1. The summed E-state index contributed by atoms with van der Waals surface area (Å²) < 4.78 is 10.3. The van der Waals surface area contributed by atoms with Gasteiger partial charge in [-0.25, -0.2) is 4.79 Å². The summed E-state index contributed by atoms with van der Waals surface area (Å²) in [4.78, 5) is 11.5. The van der Waals surface area contributed by atoms with Gasteiger partial charge in [0.05, 0.1) is 19.8 Å². The molecule has 0 amide bonds. The first-order valence-corrected chi connectivity index (χ1v) is 5.61. The Morgan fingerprint density at radius 1 is 1.47 bits per heavy atom. The Kier molecular flexibility index (Phi) is 4.97. The molecule has 0 aromatic heterocycles. The minimum absolute atomic E-state index is 0.00680. The van der Waals surface area contributed by atoms with Gasteiger partial charge >= 0.3 is 5.97 Å². The molecule has 4 nitrogen and oxygen atoms in total. The zero-order chi connectivity index (χ0) is 12.8. The molecule has 0 unspecified atom stereocenters. The predicted octanol–water partition coefficient (Wildman–Crippen LogP) is 2.14. The number of aliphatic hydroxyl groups is 1. The molecule has 17 heavy (non-hydrogen) atoms. The Hall–Kier alpha value is -1.55. The summed E-state index contributed by atoms with van der Waals surface area (Å²) in [5, 5.41) is 9.07. The van der Waals surface area contributed by atoms with E-state index in [1.807, 2.05) is 13.8 Å². The average Bonchev–Trinajstić information content (AvgIpc) is 2.37. The maximum Gasteiger partial charge on any atom is 0.341 e. The van der Waals surface area contributed by atoms with E-state index in [0.717, 1.165) is 6.42 Å². The number of aliphatic hydroxyl groups excluding tert-OH is 1. The first-order chi connectivity index (χ1) is 8.12. The van der Waals surface area contributed by atoms with Crippen molar-refractivity contribution in [1.82, 2.24) is 0 Å². The van der Waals surface area contributed by atoms with Crippen molar-refractivity contribution >= 4 is 5.97 Å². The van der Waals surface area contributed by atoms with Crippen LogP contribution in [0.15, 0.2) is 18.2 Å². The molecule has 0 bridgehead atoms. The van der Waals surface area contributed by atoms with Crippen molar-refractivity contribution in [3.05, 3.63) is 29.3 Å². The van der Waals surface area contributed by atoms with Crippen molar-refractivity contribution in [1.29, 1.82) is 0 Å². The lowest BCUT2D eigenvalue weighted by Crippen LogP contribution is -2.13. The Labute approximate surface area is 101 Å². The van der Waals surface area contributed by atoms with Crippen LogP contribution in [0.5, 0.6) is 5.75 Å². The fourth-order valence-corrected chi connectivity index (χ4v) is 1.34. The highest BCUT2D eigenvalue weighted by molar-refractivity contribution is 5.92. The van der Waals surface area contributed by atoms with Crippen molar-refractivity contribution in [3.8, 4) is 5.75 Å². The van der Waals surface area contributed by atoms with E-state index in [9.17, 15) is 4.79 Å². The molecule has 4 heteroatoms. The van der Waals surface area contributed by atoms with Gasteiger partial charge in [0.1, 0.15) is 11.3 Å². The van der Waals surface area contributed by atoms with Gasteiger partial charge in [0.15, 0.2) is 0 Å². The maximum absolute atomic E-state index is 11.5. The van der Waals surface area contributed by atoms with Gasteiger partial charge in [0.25, 0.3) is 0 Å². The second kappa shape index (κ2) is 6.25. The molecule has 0 saturated heterocycles. The minimum atomic E-state index is -0.437. The quantitative estimate of drug-likeness (QED) is 0.798. The van der Waals surface area contributed by atoms with E-state index in [0.29, 0.717) is 16.9 Å². The van der Waals surface area contributed by atoms with E-state index in [-0.39, 0.29) is 12.7 Å². The van der Waals surface area contributed by atoms with Gasteiger partial charge in [-0.3, -0.25) is 0 Å². The van der Waals surface area contributed by atoms with Crippen LogP contribution in [0.3, 0.4) is 0 Å². The monoisotopic (exact) mass is 238 g/mol. The number of esters is 1. The summed E-state index contributed by atoms with van der Waals surface area (Å²) in [5.74, 6) is 0.0190. The number of carbonyl (C=O) groups is 1. The lowest BCUT2D eigenvalue weighted by molar-refractivity contribution is 0.0593. The smallest absolute Gasteiger partial charge is 0.341 e. The van der Waals surface area contributed by atoms with Gasteiger partial charge in [-0.2, -0.15) is 0 Å². The second-order valence-corrected chi connectivity index (χ2v) is 3.82. The van der Waals surface area contributed by atoms with Crippen LogP contribution in [0.25, 0.3) is 0 Å². The molecule has 94 valence electrons. The van der Waals surface area contributed by atoms with Crippen LogP contribution in [0.4, 0.5) is 0 Å². The SMILES string of the molecule is CC[C@H](C)Oc1cc(CO)ccc1C(=O)OC. The highest BCUT2D eigenvalue weighted by Crippen LogP contribution is 2.23. The molecule has 1 atom stereocenters. The molecule has 1 rings (SSSR count). The van der Waals surface area contributed by atoms with Crippen molar-refractivity contribution in [2.75, 3.05) is 7.11 Å². The fraction of sp³-hybridized carbons (Fsp3) is 0.462. The molecule has 1 N–H and O–H groups in total. The highest BCUT2D eigenvalue weighted by atomic mass is 16.5. The van der Waals surface area contributed by atoms with Crippen molar-refractivity contribution in [2.45, 2.75) is 33.0 Å². The summed E-state index contributed by atoms with van der Waals surface area (Å²) in [7, 11) is 1.33. The molecule has 0 aliphatic heterocycles. The van der Waals surface area contributed by atoms with E-state index >= 15 is 0 Å². The third-order valence-electron chi connectivity index (χ3n) is 2.54. The molecule has 1 aromatic rings. The third kappa shape index (κ3) is 3.46. The van der Waals surface area contributed by atoms with Crippen LogP contribution in [0.2, 0.25) is 0 Å². The molecule has 0 aliphatic carbocycles. The zero-order valence-electron chi connectivity index (χ0n) is 10.4. The van der Waals surface area contributed by atoms with Gasteiger partial charge in [-0.1, -0.05) is 13.0 Å². The van der Waals surface area contributed by atoms with Crippen LogP contribution in [0, 0.1) is 0 Å². The number of benzene rings is 1. The molecule has 1 aromatic carbocycles. The standard InChI is InChI=1S/C13H18O4/c1-4-9(2)17-12-7-10(8-14)5-6-11(12)13(15)16-3/h5-7,9,14H,4,8H2,1-3H3/t9-/m0/s1. The van der Waals surface area contributed by atoms with Crippen molar-refractivity contribution in [3.63, 3.8) is 0 Å². The Morgan fingerprint density at radius 3 is 2.71 bits per heavy atom. The average molecular weight is 238 g/mol. The normalized spacial score (nSPS) is 12.0. The fourth-order valence-electron chi connectivity index (χ4n) is 1.34. The van der Waals surface area contributed by atoms with Crippen LogP contribution in [0.1, 0.15) is 36.2 Å². The Balaban J connectivity index is 3.07. The van der Waals surface area contributed by atoms with Gasteiger partial charge in [0.2, 0.25) is 0 Å². The summed E-state index contributed by atoms with van der Waals surface area (Å²) in [6.45, 7) is 3.84. The third-order valence-corrected chi connectivity index (χ3v) is 2.54. The molecule has 0 fully saturated rings. The van der Waals surface area contributed by atoms with E-state index in [1.54, 1.807) is 18.2 Å². The lowest BCUT2D eigenvalue weighted by atomic mass is 10.1. The summed E-state index contributed by atoms with van der Waals surface area (Å²) in [6.07, 6.45) is 0.844. The van der Waals surface area contributed by atoms with Crippen molar-refractivity contribution < 1.29 is 19.4 Å². The number of methoxy groups -OCH3 is 1. The Bertz CT molecular complexity index is 387. The molecule has 0 radical (unpaired) electrons. The van der Waals surface area contributed by atoms with Gasteiger partial charge in [0, 0.05) is 0 Å². The first kappa shape index (κ1) is 13.5. The maximum atomic E-state index is 11.5. The molecular weight excluding hydrogens is 220 g/mol. The largest absolute Gasteiger partial charge is 0.490 e. The molecule has 0 aliphatic rings. The summed E-state index contributed by atoms with van der Waals surface area (Å²) >= 11 is 0. The summed E-state index contributed by atoms with van der Waals surface area (Å²) in [6, 6.07) is 4.95. The zero-order valence-corrected chi connectivity index (χ0v) is 10.4. The molecule has 0 heterocycles. The highest BCUT2D eigenvalue weighted by Gasteiger charge is 2.15. The van der Waals surface area contributed by atoms with E-state index in [1.165, 1.54) is 7.11 Å². The van der Waals surface area contributed by atoms with E-state index in [2.05, 4.69) is 4.74 Å². The van der Waals surface area contributed by atoms with Crippen LogP contribution >= 0.6 is 0 Å². The van der Waals surface area contributed by atoms with Gasteiger partial charge in [-0.15, -0.1) is 0 Å². The number of rotatable bonds is 5. The molecular formula is C13H18O4. The van der Waals surface area contributed by atoms with Crippen molar-refractivity contribution in [2.24, 2.45) is 0 Å². The number of ether oxygens (including phenoxy) is 2. The van der Waals surface area contributed by atoms with Gasteiger partial charge in [-0.05, 0) is 31.0 Å².